The van der Waals surface area contributed by atoms with Crippen LogP contribution in [0.3, 0.4) is 0 Å². The molecule has 1 aliphatic rings. The summed E-state index contributed by atoms with van der Waals surface area (Å²) in [4.78, 5) is 31.2. The summed E-state index contributed by atoms with van der Waals surface area (Å²) < 4.78 is 47.0. The van der Waals surface area contributed by atoms with Crippen LogP contribution in [0.25, 0.3) is 10.2 Å². The molecule has 1 amide bonds. The lowest BCUT2D eigenvalue weighted by Crippen LogP contribution is -2.53. The first-order chi connectivity index (χ1) is 16.2. The molecule has 1 N–H and O–H groups in total. The summed E-state index contributed by atoms with van der Waals surface area (Å²) in [6.45, 7) is 4.22. The van der Waals surface area contributed by atoms with E-state index in [0.29, 0.717) is 38.3 Å². The van der Waals surface area contributed by atoms with Gasteiger partial charge in [-0.05, 0) is 43.3 Å². The Kier molecular flexibility index (Phi) is 6.89. The molecule has 2 aromatic carbocycles. The molecule has 0 spiro atoms. The number of nitrogens with zero attached hydrogens (tertiary/aromatic N) is 3. The largest absolute Gasteiger partial charge is 0.573 e. The molecule has 1 saturated heterocycles. The molecule has 4 rings (SSSR count). The Bertz CT molecular complexity index is 1190. The Balaban J connectivity index is 1.35. The molecular weight excluding hydrogens is 473 g/mol. The number of benzene rings is 2. The number of esters is 1. The molecule has 1 aromatic heterocycles. The first kappa shape index (κ1) is 23.8. The maximum atomic E-state index is 12.5. The number of hydrazine groups is 1. The summed E-state index contributed by atoms with van der Waals surface area (Å²) in [5, 5.41) is 2.52. The second-order valence-corrected chi connectivity index (χ2v) is 8.40. The first-order valence-electron chi connectivity index (χ1n) is 10.5. The van der Waals surface area contributed by atoms with Crippen molar-refractivity contribution in [1.82, 2.24) is 15.4 Å². The van der Waals surface area contributed by atoms with Crippen molar-refractivity contribution in [2.24, 2.45) is 0 Å². The summed E-state index contributed by atoms with van der Waals surface area (Å²) in [5.74, 6) is -1.35. The SMILES string of the molecule is CCOC(=O)c1ccc2nc(N3CCN(NC(=O)c4cccc(OC(F)(F)F)c4)CC3)sc2c1. The maximum absolute atomic E-state index is 12.5. The number of piperazine rings is 1. The third-order valence-corrected chi connectivity index (χ3v) is 6.11. The second kappa shape index (κ2) is 9.85. The number of aromatic nitrogens is 1. The maximum Gasteiger partial charge on any atom is 0.573 e. The average Bonchev–Trinajstić information content (AvgIpc) is 3.22. The second-order valence-electron chi connectivity index (χ2n) is 7.39. The highest BCUT2D eigenvalue weighted by atomic mass is 32.1. The van der Waals surface area contributed by atoms with Gasteiger partial charge in [0.2, 0.25) is 0 Å². The number of alkyl halides is 3. The predicted molar refractivity (Wildman–Crippen MR) is 120 cm³/mol. The number of thiazole rings is 1. The van der Waals surface area contributed by atoms with Crippen LogP contribution in [0.5, 0.6) is 5.75 Å². The lowest BCUT2D eigenvalue weighted by atomic mass is 10.2. The van der Waals surface area contributed by atoms with Crippen LogP contribution in [-0.2, 0) is 4.74 Å². The summed E-state index contributed by atoms with van der Waals surface area (Å²) in [6, 6.07) is 10.2. The molecule has 2 heterocycles. The van der Waals surface area contributed by atoms with Crippen molar-refractivity contribution < 1.29 is 32.2 Å². The molecule has 180 valence electrons. The number of carbonyl (C=O) groups excluding carboxylic acids is 2. The Morgan fingerprint density at radius 3 is 2.56 bits per heavy atom. The van der Waals surface area contributed by atoms with Crippen LogP contribution in [0.2, 0.25) is 0 Å². The highest BCUT2D eigenvalue weighted by Crippen LogP contribution is 2.30. The Hall–Kier alpha value is -3.38. The summed E-state index contributed by atoms with van der Waals surface area (Å²) in [5.41, 5.74) is 4.04. The molecule has 34 heavy (non-hydrogen) atoms. The van der Waals surface area contributed by atoms with Crippen molar-refractivity contribution in [2.45, 2.75) is 13.3 Å². The van der Waals surface area contributed by atoms with Crippen molar-refractivity contribution in [1.29, 1.82) is 0 Å². The number of nitrogens with one attached hydrogen (secondary N) is 1. The highest BCUT2D eigenvalue weighted by Gasteiger charge is 2.31. The van der Waals surface area contributed by atoms with Crippen molar-refractivity contribution in [3.63, 3.8) is 0 Å². The molecule has 0 saturated carbocycles. The van der Waals surface area contributed by atoms with Gasteiger partial charge in [0.05, 0.1) is 22.4 Å². The van der Waals surface area contributed by atoms with Gasteiger partial charge in [-0.15, -0.1) is 13.2 Å². The monoisotopic (exact) mass is 494 g/mol. The molecule has 1 fully saturated rings. The van der Waals surface area contributed by atoms with Gasteiger partial charge >= 0.3 is 12.3 Å². The number of anilines is 1. The molecule has 0 atom stereocenters. The molecule has 0 unspecified atom stereocenters. The smallest absolute Gasteiger partial charge is 0.462 e. The van der Waals surface area contributed by atoms with Gasteiger partial charge in [0.25, 0.3) is 5.91 Å². The fourth-order valence-corrected chi connectivity index (χ4v) is 4.50. The Labute approximate surface area is 196 Å². The standard InChI is InChI=1S/C22H21F3N4O4S/c1-2-32-20(31)15-6-7-17-18(13-15)34-21(26-17)28-8-10-29(11-9-28)27-19(30)14-4-3-5-16(12-14)33-22(23,24)25/h3-7,12-13H,2,8-11H2,1H3,(H,27,30). The van der Waals surface area contributed by atoms with E-state index in [0.717, 1.165) is 27.5 Å². The topological polar surface area (TPSA) is 84.0 Å². The van der Waals surface area contributed by atoms with Gasteiger partial charge < -0.3 is 14.4 Å². The molecule has 0 bridgehead atoms. The summed E-state index contributed by atoms with van der Waals surface area (Å²) >= 11 is 1.47. The lowest BCUT2D eigenvalue weighted by molar-refractivity contribution is -0.274. The average molecular weight is 494 g/mol. The molecule has 3 aromatic rings. The zero-order chi connectivity index (χ0) is 24.3. The molecule has 12 heteroatoms. The van der Waals surface area contributed by atoms with Crippen LogP contribution in [0.4, 0.5) is 18.3 Å². The van der Waals surface area contributed by atoms with Gasteiger partial charge in [-0.2, -0.15) is 0 Å². The molecule has 8 nitrogen and oxygen atoms in total. The first-order valence-corrected chi connectivity index (χ1v) is 11.3. The third kappa shape index (κ3) is 5.75. The Morgan fingerprint density at radius 1 is 1.09 bits per heavy atom. The van der Waals surface area contributed by atoms with E-state index < -0.39 is 18.0 Å². The fourth-order valence-electron chi connectivity index (χ4n) is 3.44. The zero-order valence-corrected chi connectivity index (χ0v) is 18.9. The van der Waals surface area contributed by atoms with E-state index in [1.807, 2.05) is 0 Å². The van der Waals surface area contributed by atoms with Gasteiger partial charge in [0.1, 0.15) is 5.75 Å². The van der Waals surface area contributed by atoms with E-state index in [9.17, 15) is 22.8 Å². The van der Waals surface area contributed by atoms with Crippen LogP contribution < -0.4 is 15.1 Å². The lowest BCUT2D eigenvalue weighted by Gasteiger charge is -2.34. The van der Waals surface area contributed by atoms with Crippen LogP contribution in [0.1, 0.15) is 27.6 Å². The minimum atomic E-state index is -4.83. The van der Waals surface area contributed by atoms with Gasteiger partial charge in [-0.1, -0.05) is 17.4 Å². The number of rotatable bonds is 6. The predicted octanol–water partition coefficient (Wildman–Crippen LogP) is 3.84. The van der Waals surface area contributed by atoms with Crippen molar-refractivity contribution >= 4 is 38.6 Å². The van der Waals surface area contributed by atoms with Gasteiger partial charge in [-0.3, -0.25) is 10.2 Å². The van der Waals surface area contributed by atoms with Crippen LogP contribution in [0, 0.1) is 0 Å². The number of ether oxygens (including phenoxy) is 2. The molecule has 0 aliphatic carbocycles. The highest BCUT2D eigenvalue weighted by molar-refractivity contribution is 7.22. The number of hydrogen-bond acceptors (Lipinski definition) is 8. The van der Waals surface area contributed by atoms with Crippen LogP contribution >= 0.6 is 11.3 Å². The van der Waals surface area contributed by atoms with E-state index in [1.54, 1.807) is 30.1 Å². The fraction of sp³-hybridized carbons (Fsp3) is 0.318. The number of halogens is 3. The number of fused-ring (bicyclic) bond motifs is 1. The minimum absolute atomic E-state index is 0.0627. The van der Waals surface area contributed by atoms with Gasteiger partial charge in [0.15, 0.2) is 5.13 Å². The minimum Gasteiger partial charge on any atom is -0.462 e. The zero-order valence-electron chi connectivity index (χ0n) is 18.1. The van der Waals surface area contributed by atoms with E-state index in [1.165, 1.54) is 23.5 Å². The van der Waals surface area contributed by atoms with Crippen LogP contribution in [-0.4, -0.2) is 61.0 Å². The van der Waals surface area contributed by atoms with Crippen molar-refractivity contribution in [2.75, 3.05) is 37.7 Å². The summed E-state index contributed by atoms with van der Waals surface area (Å²) in [6.07, 6.45) is -4.83. The van der Waals surface area contributed by atoms with Crippen molar-refractivity contribution in [3.05, 3.63) is 53.6 Å². The quantitative estimate of drug-likeness (QED) is 0.522. The number of amides is 1. The van der Waals surface area contributed by atoms with E-state index in [2.05, 4.69) is 20.0 Å². The molecular formula is C22H21F3N4O4S. The third-order valence-electron chi connectivity index (χ3n) is 5.03. The van der Waals surface area contributed by atoms with Crippen LogP contribution in [0.15, 0.2) is 42.5 Å². The van der Waals surface area contributed by atoms with E-state index in [4.69, 9.17) is 4.74 Å². The Morgan fingerprint density at radius 2 is 1.85 bits per heavy atom. The van der Waals surface area contributed by atoms with E-state index >= 15 is 0 Å². The molecule has 0 radical (unpaired) electrons. The van der Waals surface area contributed by atoms with Gasteiger partial charge in [0, 0.05) is 31.7 Å². The van der Waals surface area contributed by atoms with E-state index in [-0.39, 0.29) is 11.5 Å². The number of carbonyl (C=O) groups is 2. The van der Waals surface area contributed by atoms with Crippen molar-refractivity contribution in [3.8, 4) is 5.75 Å². The molecule has 1 aliphatic heterocycles. The summed E-state index contributed by atoms with van der Waals surface area (Å²) in [7, 11) is 0. The normalized spacial score (nSPS) is 14.8. The number of hydrogen-bond donors (Lipinski definition) is 1. The van der Waals surface area contributed by atoms with Gasteiger partial charge in [-0.25, -0.2) is 14.8 Å².